The minimum absolute atomic E-state index is 0.132. The highest BCUT2D eigenvalue weighted by atomic mass is 32.2. The van der Waals surface area contributed by atoms with Gasteiger partial charge in [-0.2, -0.15) is 0 Å². The summed E-state index contributed by atoms with van der Waals surface area (Å²) in [5.74, 6) is 0.897. The average molecular weight is 413 g/mol. The summed E-state index contributed by atoms with van der Waals surface area (Å²) in [6.07, 6.45) is 0. The predicted octanol–water partition coefficient (Wildman–Crippen LogP) is 4.14. The van der Waals surface area contributed by atoms with Crippen LogP contribution in [0.5, 0.6) is 17.2 Å². The Balaban J connectivity index is 2.10. The van der Waals surface area contributed by atoms with Crippen molar-refractivity contribution in [2.75, 3.05) is 26.2 Å². The summed E-state index contributed by atoms with van der Waals surface area (Å²) in [5, 5.41) is 0.132. The SMILES string of the molecule is COc1ccc(C2=C(SC(C)C)C(=O)N(c3ccc(OC)cc3OC)C2=O)cc1. The van der Waals surface area contributed by atoms with E-state index in [1.54, 1.807) is 56.7 Å². The topological polar surface area (TPSA) is 65.1 Å². The number of anilines is 1. The van der Waals surface area contributed by atoms with Gasteiger partial charge in [-0.05, 0) is 29.8 Å². The van der Waals surface area contributed by atoms with Crippen LogP contribution in [0.4, 0.5) is 5.69 Å². The highest BCUT2D eigenvalue weighted by Gasteiger charge is 2.41. The molecule has 1 aliphatic heterocycles. The number of carbonyl (C=O) groups excluding carboxylic acids is 2. The minimum atomic E-state index is -0.383. The highest BCUT2D eigenvalue weighted by Crippen LogP contribution is 2.43. The van der Waals surface area contributed by atoms with Gasteiger partial charge < -0.3 is 14.2 Å². The molecule has 7 heteroatoms. The number of hydrogen-bond donors (Lipinski definition) is 0. The minimum Gasteiger partial charge on any atom is -0.497 e. The normalized spacial score (nSPS) is 14.1. The first kappa shape index (κ1) is 20.8. The Kier molecular flexibility index (Phi) is 6.17. The molecule has 0 spiro atoms. The van der Waals surface area contributed by atoms with E-state index in [0.717, 1.165) is 0 Å². The molecule has 3 rings (SSSR count). The maximum absolute atomic E-state index is 13.4. The van der Waals surface area contributed by atoms with E-state index in [1.807, 2.05) is 13.8 Å². The van der Waals surface area contributed by atoms with Crippen LogP contribution < -0.4 is 19.1 Å². The van der Waals surface area contributed by atoms with Gasteiger partial charge in [-0.15, -0.1) is 11.8 Å². The molecule has 2 aromatic carbocycles. The number of carbonyl (C=O) groups is 2. The van der Waals surface area contributed by atoms with Crippen LogP contribution in [0.1, 0.15) is 19.4 Å². The number of methoxy groups -OCH3 is 3. The fourth-order valence-corrected chi connectivity index (χ4v) is 4.04. The molecule has 0 N–H and O–H groups in total. The molecule has 0 fully saturated rings. The van der Waals surface area contributed by atoms with Crippen molar-refractivity contribution in [2.45, 2.75) is 19.1 Å². The zero-order chi connectivity index (χ0) is 21.1. The summed E-state index contributed by atoms with van der Waals surface area (Å²) in [6.45, 7) is 3.97. The van der Waals surface area contributed by atoms with Crippen molar-refractivity contribution >= 4 is 34.8 Å². The van der Waals surface area contributed by atoms with E-state index >= 15 is 0 Å². The molecule has 1 heterocycles. The Morgan fingerprint density at radius 3 is 2.00 bits per heavy atom. The monoisotopic (exact) mass is 413 g/mol. The van der Waals surface area contributed by atoms with Crippen LogP contribution in [0.2, 0.25) is 0 Å². The Morgan fingerprint density at radius 2 is 1.45 bits per heavy atom. The number of imide groups is 1. The molecule has 0 aliphatic carbocycles. The van der Waals surface area contributed by atoms with Gasteiger partial charge in [0.05, 0.1) is 37.5 Å². The summed E-state index contributed by atoms with van der Waals surface area (Å²) in [7, 11) is 4.61. The number of benzene rings is 2. The van der Waals surface area contributed by atoms with E-state index in [2.05, 4.69) is 0 Å². The first-order valence-electron chi connectivity index (χ1n) is 9.07. The fourth-order valence-electron chi connectivity index (χ4n) is 3.06. The van der Waals surface area contributed by atoms with E-state index in [9.17, 15) is 9.59 Å². The number of thioether (sulfide) groups is 1. The van der Waals surface area contributed by atoms with Crippen molar-refractivity contribution in [2.24, 2.45) is 0 Å². The maximum atomic E-state index is 13.4. The summed E-state index contributed by atoms with van der Waals surface area (Å²) >= 11 is 1.38. The van der Waals surface area contributed by atoms with Gasteiger partial charge in [0.15, 0.2) is 0 Å². The predicted molar refractivity (Wildman–Crippen MR) is 115 cm³/mol. The van der Waals surface area contributed by atoms with Gasteiger partial charge >= 0.3 is 0 Å². The number of hydrogen-bond acceptors (Lipinski definition) is 6. The molecule has 152 valence electrons. The molecule has 0 radical (unpaired) electrons. The molecular formula is C22H23NO5S. The van der Waals surface area contributed by atoms with Gasteiger partial charge in [-0.25, -0.2) is 4.90 Å². The molecule has 2 aromatic rings. The van der Waals surface area contributed by atoms with E-state index in [-0.39, 0.29) is 17.1 Å². The number of nitrogens with zero attached hydrogens (tertiary/aromatic N) is 1. The Labute approximate surface area is 174 Å². The average Bonchev–Trinajstić information content (AvgIpc) is 2.96. The van der Waals surface area contributed by atoms with Crippen molar-refractivity contribution in [3.8, 4) is 17.2 Å². The smallest absolute Gasteiger partial charge is 0.272 e. The molecule has 0 saturated carbocycles. The number of ether oxygens (including phenoxy) is 3. The summed E-state index contributed by atoms with van der Waals surface area (Å²) in [4.78, 5) is 28.3. The molecule has 0 aromatic heterocycles. The molecule has 0 saturated heterocycles. The van der Waals surface area contributed by atoms with Crippen molar-refractivity contribution < 1.29 is 23.8 Å². The molecule has 6 nitrogen and oxygen atoms in total. The van der Waals surface area contributed by atoms with Gasteiger partial charge in [-0.3, -0.25) is 9.59 Å². The van der Waals surface area contributed by atoms with Gasteiger partial charge in [0, 0.05) is 11.3 Å². The van der Waals surface area contributed by atoms with Crippen molar-refractivity contribution in [3.05, 3.63) is 52.9 Å². The fraction of sp³-hybridized carbons (Fsp3) is 0.273. The maximum Gasteiger partial charge on any atom is 0.272 e. The van der Waals surface area contributed by atoms with Crippen molar-refractivity contribution in [1.82, 2.24) is 0 Å². The second-order valence-corrected chi connectivity index (χ2v) is 8.17. The first-order chi connectivity index (χ1) is 13.9. The quantitative estimate of drug-likeness (QED) is 0.636. The van der Waals surface area contributed by atoms with Crippen LogP contribution in [0.3, 0.4) is 0 Å². The zero-order valence-electron chi connectivity index (χ0n) is 17.0. The zero-order valence-corrected chi connectivity index (χ0v) is 17.8. The lowest BCUT2D eigenvalue weighted by Crippen LogP contribution is -2.31. The van der Waals surface area contributed by atoms with Crippen molar-refractivity contribution in [1.29, 1.82) is 0 Å². The molecule has 29 heavy (non-hydrogen) atoms. The molecule has 0 bridgehead atoms. The molecule has 1 aliphatic rings. The van der Waals surface area contributed by atoms with Crippen LogP contribution in [0, 0.1) is 0 Å². The lowest BCUT2D eigenvalue weighted by Gasteiger charge is -2.19. The lowest BCUT2D eigenvalue weighted by atomic mass is 10.1. The van der Waals surface area contributed by atoms with Gasteiger partial charge in [0.1, 0.15) is 17.2 Å². The van der Waals surface area contributed by atoms with E-state index in [1.165, 1.54) is 23.8 Å². The Bertz CT molecular complexity index is 966. The van der Waals surface area contributed by atoms with Crippen LogP contribution in [0.25, 0.3) is 5.57 Å². The van der Waals surface area contributed by atoms with Gasteiger partial charge in [0.25, 0.3) is 11.8 Å². The van der Waals surface area contributed by atoms with Crippen LogP contribution >= 0.6 is 11.8 Å². The third-order valence-electron chi connectivity index (χ3n) is 4.40. The third-order valence-corrected chi connectivity index (χ3v) is 5.49. The molecule has 0 atom stereocenters. The largest absolute Gasteiger partial charge is 0.497 e. The summed E-state index contributed by atoms with van der Waals surface area (Å²) in [5.41, 5.74) is 1.44. The van der Waals surface area contributed by atoms with E-state index in [4.69, 9.17) is 14.2 Å². The molecule has 0 unspecified atom stereocenters. The van der Waals surface area contributed by atoms with Crippen LogP contribution in [-0.4, -0.2) is 38.4 Å². The Hall–Kier alpha value is -2.93. The third kappa shape index (κ3) is 3.96. The second-order valence-electron chi connectivity index (χ2n) is 6.58. The number of rotatable bonds is 7. The molecular weight excluding hydrogens is 390 g/mol. The summed E-state index contributed by atoms with van der Waals surface area (Å²) < 4.78 is 15.8. The summed E-state index contributed by atoms with van der Waals surface area (Å²) in [6, 6.07) is 12.1. The standard InChI is InChI=1S/C22H23NO5S/c1-13(2)29-20-19(14-6-8-15(26-3)9-7-14)21(24)23(22(20)25)17-11-10-16(27-4)12-18(17)28-5/h6-13H,1-5H3. The Morgan fingerprint density at radius 1 is 0.828 bits per heavy atom. The van der Waals surface area contributed by atoms with Crippen LogP contribution in [-0.2, 0) is 9.59 Å². The van der Waals surface area contributed by atoms with E-state index in [0.29, 0.717) is 39.0 Å². The first-order valence-corrected chi connectivity index (χ1v) is 9.95. The van der Waals surface area contributed by atoms with Crippen molar-refractivity contribution in [3.63, 3.8) is 0 Å². The van der Waals surface area contributed by atoms with E-state index < -0.39 is 0 Å². The van der Waals surface area contributed by atoms with Gasteiger partial charge in [0.2, 0.25) is 0 Å². The number of amides is 2. The molecule has 2 amide bonds. The second kappa shape index (κ2) is 8.61. The van der Waals surface area contributed by atoms with Gasteiger partial charge in [-0.1, -0.05) is 26.0 Å². The lowest BCUT2D eigenvalue weighted by molar-refractivity contribution is -0.119. The van der Waals surface area contributed by atoms with Crippen LogP contribution in [0.15, 0.2) is 47.4 Å². The highest BCUT2D eigenvalue weighted by molar-refractivity contribution is 8.04.